The summed E-state index contributed by atoms with van der Waals surface area (Å²) in [5.74, 6) is -0.0593. The van der Waals surface area contributed by atoms with Crippen LogP contribution in [0.5, 0.6) is 0 Å². The lowest BCUT2D eigenvalue weighted by molar-refractivity contribution is 0.0810. The second-order valence-corrected chi connectivity index (χ2v) is 6.10. The molecule has 0 aliphatic heterocycles. The minimum absolute atomic E-state index is 0.0593. The van der Waals surface area contributed by atoms with Crippen LogP contribution in [0.25, 0.3) is 0 Å². The molecule has 1 aliphatic carbocycles. The molecular weight excluding hydrogens is 264 g/mol. The fourth-order valence-corrected chi connectivity index (χ4v) is 3.08. The van der Waals surface area contributed by atoms with E-state index in [9.17, 15) is 9.90 Å². The molecule has 4 heteroatoms. The number of nitrogens with one attached hydrogen (secondary N) is 2. The van der Waals surface area contributed by atoms with Gasteiger partial charge in [0.25, 0.3) is 5.91 Å². The lowest BCUT2D eigenvalue weighted by Gasteiger charge is -2.35. The average molecular weight is 290 g/mol. The van der Waals surface area contributed by atoms with Gasteiger partial charge >= 0.3 is 0 Å². The van der Waals surface area contributed by atoms with Gasteiger partial charge in [0.15, 0.2) is 0 Å². The molecule has 0 spiro atoms. The van der Waals surface area contributed by atoms with Gasteiger partial charge in [0.05, 0.1) is 0 Å². The maximum absolute atomic E-state index is 11.5. The highest BCUT2D eigenvalue weighted by atomic mass is 16.3. The Morgan fingerprint density at radius 2 is 1.86 bits per heavy atom. The number of benzene rings is 1. The van der Waals surface area contributed by atoms with Crippen molar-refractivity contribution in [2.45, 2.75) is 38.6 Å². The van der Waals surface area contributed by atoms with Crippen molar-refractivity contribution in [1.82, 2.24) is 10.6 Å². The molecule has 3 N–H and O–H groups in total. The second kappa shape index (κ2) is 7.57. The van der Waals surface area contributed by atoms with E-state index >= 15 is 0 Å². The van der Waals surface area contributed by atoms with Gasteiger partial charge in [-0.1, -0.05) is 31.4 Å². The van der Waals surface area contributed by atoms with Crippen LogP contribution in [-0.2, 0) is 6.54 Å². The predicted octanol–water partition coefficient (Wildman–Crippen LogP) is 2.08. The molecule has 1 fully saturated rings. The summed E-state index contributed by atoms with van der Waals surface area (Å²) >= 11 is 0. The van der Waals surface area contributed by atoms with Gasteiger partial charge in [0, 0.05) is 37.7 Å². The molecule has 0 saturated heterocycles. The lowest BCUT2D eigenvalue weighted by atomic mass is 9.74. The van der Waals surface area contributed by atoms with Crippen molar-refractivity contribution in [2.75, 3.05) is 20.2 Å². The first-order valence-electron chi connectivity index (χ1n) is 7.82. The molecule has 21 heavy (non-hydrogen) atoms. The fourth-order valence-electron chi connectivity index (χ4n) is 3.08. The van der Waals surface area contributed by atoms with Gasteiger partial charge in [-0.15, -0.1) is 0 Å². The highest BCUT2D eigenvalue weighted by molar-refractivity contribution is 5.93. The molecule has 0 heterocycles. The molecular formula is C17H26N2O2. The molecule has 1 aromatic carbocycles. The number of rotatable bonds is 6. The van der Waals surface area contributed by atoms with E-state index in [0.717, 1.165) is 31.5 Å². The Morgan fingerprint density at radius 1 is 1.19 bits per heavy atom. The van der Waals surface area contributed by atoms with Gasteiger partial charge in [0.2, 0.25) is 0 Å². The van der Waals surface area contributed by atoms with Gasteiger partial charge in [-0.3, -0.25) is 4.79 Å². The van der Waals surface area contributed by atoms with Gasteiger partial charge < -0.3 is 15.7 Å². The third-order valence-electron chi connectivity index (χ3n) is 4.52. The first kappa shape index (κ1) is 16.0. The molecule has 1 aromatic rings. The minimum atomic E-state index is -0.0593. The Bertz CT molecular complexity index is 450. The maximum Gasteiger partial charge on any atom is 0.251 e. The highest BCUT2D eigenvalue weighted by Crippen LogP contribution is 2.35. The van der Waals surface area contributed by atoms with Crippen LogP contribution in [0.4, 0.5) is 0 Å². The molecule has 1 saturated carbocycles. The van der Waals surface area contributed by atoms with Gasteiger partial charge in [-0.2, -0.15) is 0 Å². The summed E-state index contributed by atoms with van der Waals surface area (Å²) in [5, 5.41) is 15.8. The molecule has 116 valence electrons. The standard InChI is InChI=1S/C17H26N2O2/c1-18-16(21)15-7-5-14(6-8-15)11-19-12-17(13-20)9-3-2-4-10-17/h5-8,19-20H,2-4,9-13H2,1H3,(H,18,21). The van der Waals surface area contributed by atoms with Crippen LogP contribution < -0.4 is 10.6 Å². The van der Waals surface area contributed by atoms with Crippen LogP contribution in [-0.4, -0.2) is 31.2 Å². The van der Waals surface area contributed by atoms with Crippen molar-refractivity contribution in [1.29, 1.82) is 0 Å². The first-order valence-corrected chi connectivity index (χ1v) is 7.82. The maximum atomic E-state index is 11.5. The number of aliphatic hydroxyl groups excluding tert-OH is 1. The summed E-state index contributed by atoms with van der Waals surface area (Å²) in [6, 6.07) is 7.64. The van der Waals surface area contributed by atoms with E-state index in [2.05, 4.69) is 10.6 Å². The van der Waals surface area contributed by atoms with Crippen LogP contribution in [0, 0.1) is 5.41 Å². The summed E-state index contributed by atoms with van der Waals surface area (Å²) in [4.78, 5) is 11.5. The van der Waals surface area contributed by atoms with Crippen molar-refractivity contribution in [3.63, 3.8) is 0 Å². The zero-order valence-electron chi connectivity index (χ0n) is 12.8. The molecule has 2 rings (SSSR count). The summed E-state index contributed by atoms with van der Waals surface area (Å²) in [6.45, 7) is 1.91. The van der Waals surface area contributed by atoms with Crippen LogP contribution >= 0.6 is 0 Å². The Hall–Kier alpha value is -1.39. The van der Waals surface area contributed by atoms with E-state index in [1.165, 1.54) is 19.3 Å². The topological polar surface area (TPSA) is 61.4 Å². The number of carbonyl (C=O) groups is 1. The fraction of sp³-hybridized carbons (Fsp3) is 0.588. The van der Waals surface area contributed by atoms with Crippen molar-refractivity contribution in [2.24, 2.45) is 5.41 Å². The Kier molecular flexibility index (Phi) is 5.76. The van der Waals surface area contributed by atoms with Crippen molar-refractivity contribution >= 4 is 5.91 Å². The average Bonchev–Trinajstić information content (AvgIpc) is 2.55. The molecule has 0 bridgehead atoms. The quantitative estimate of drug-likeness (QED) is 0.751. The van der Waals surface area contributed by atoms with E-state index in [1.807, 2.05) is 24.3 Å². The number of carbonyl (C=O) groups excluding carboxylic acids is 1. The van der Waals surface area contributed by atoms with Gasteiger partial charge in [-0.25, -0.2) is 0 Å². The first-order chi connectivity index (χ1) is 10.2. The van der Waals surface area contributed by atoms with E-state index in [0.29, 0.717) is 5.56 Å². The van der Waals surface area contributed by atoms with Crippen molar-refractivity contribution in [3.05, 3.63) is 35.4 Å². The lowest BCUT2D eigenvalue weighted by Crippen LogP contribution is -2.38. The molecule has 4 nitrogen and oxygen atoms in total. The second-order valence-electron chi connectivity index (χ2n) is 6.10. The summed E-state index contributed by atoms with van der Waals surface area (Å²) in [7, 11) is 1.64. The predicted molar refractivity (Wildman–Crippen MR) is 84.1 cm³/mol. The zero-order valence-corrected chi connectivity index (χ0v) is 12.8. The number of amides is 1. The van der Waals surface area contributed by atoms with Crippen LogP contribution in [0.3, 0.4) is 0 Å². The number of hydrogen-bond acceptors (Lipinski definition) is 3. The molecule has 1 amide bonds. The SMILES string of the molecule is CNC(=O)c1ccc(CNCC2(CO)CCCCC2)cc1. The summed E-state index contributed by atoms with van der Waals surface area (Å²) in [6.07, 6.45) is 5.98. The molecule has 0 radical (unpaired) electrons. The molecule has 0 aromatic heterocycles. The zero-order chi connectivity index (χ0) is 15.1. The number of hydrogen-bond donors (Lipinski definition) is 3. The Labute approximate surface area is 126 Å². The summed E-state index contributed by atoms with van der Waals surface area (Å²) < 4.78 is 0. The van der Waals surface area contributed by atoms with E-state index < -0.39 is 0 Å². The number of aliphatic hydroxyl groups is 1. The van der Waals surface area contributed by atoms with E-state index in [1.54, 1.807) is 7.05 Å². The Balaban J connectivity index is 1.84. The highest BCUT2D eigenvalue weighted by Gasteiger charge is 2.30. The monoisotopic (exact) mass is 290 g/mol. The van der Waals surface area contributed by atoms with Gasteiger partial charge in [-0.05, 0) is 30.5 Å². The van der Waals surface area contributed by atoms with Crippen molar-refractivity contribution in [3.8, 4) is 0 Å². The molecule has 0 unspecified atom stereocenters. The summed E-state index contributed by atoms with van der Waals surface area (Å²) in [5.41, 5.74) is 1.91. The normalized spacial score (nSPS) is 17.4. The van der Waals surface area contributed by atoms with Crippen LogP contribution in [0.1, 0.15) is 48.0 Å². The van der Waals surface area contributed by atoms with E-state index in [-0.39, 0.29) is 17.9 Å². The smallest absolute Gasteiger partial charge is 0.251 e. The Morgan fingerprint density at radius 3 is 2.43 bits per heavy atom. The van der Waals surface area contributed by atoms with Gasteiger partial charge in [0.1, 0.15) is 0 Å². The molecule has 1 aliphatic rings. The third kappa shape index (κ3) is 4.29. The molecule has 0 atom stereocenters. The van der Waals surface area contributed by atoms with Crippen molar-refractivity contribution < 1.29 is 9.90 Å². The minimum Gasteiger partial charge on any atom is -0.396 e. The van der Waals surface area contributed by atoms with Crippen LogP contribution in [0.15, 0.2) is 24.3 Å². The largest absolute Gasteiger partial charge is 0.396 e. The third-order valence-corrected chi connectivity index (χ3v) is 4.52. The van der Waals surface area contributed by atoms with Crippen LogP contribution in [0.2, 0.25) is 0 Å². The van der Waals surface area contributed by atoms with E-state index in [4.69, 9.17) is 0 Å².